The van der Waals surface area contributed by atoms with Crippen molar-refractivity contribution in [2.24, 2.45) is 0 Å². The molecule has 1 aliphatic heterocycles. The molecule has 7 nitrogen and oxygen atoms in total. The van der Waals surface area contributed by atoms with Crippen molar-refractivity contribution in [3.8, 4) is 17.1 Å². The third-order valence-corrected chi connectivity index (χ3v) is 5.10. The molecule has 3 heterocycles. The summed E-state index contributed by atoms with van der Waals surface area (Å²) in [5.41, 5.74) is 1.97. The summed E-state index contributed by atoms with van der Waals surface area (Å²) >= 11 is 0. The van der Waals surface area contributed by atoms with E-state index in [-0.39, 0.29) is 18.3 Å². The molecule has 0 spiro atoms. The summed E-state index contributed by atoms with van der Waals surface area (Å²) in [5, 5.41) is 11.0. The van der Waals surface area contributed by atoms with Crippen LogP contribution in [0.15, 0.2) is 53.1 Å². The molecule has 0 unspecified atom stereocenters. The topological polar surface area (TPSA) is 75.3 Å². The number of furan rings is 1. The number of aryl methyl sites for hydroxylation is 1. The van der Waals surface area contributed by atoms with Gasteiger partial charge >= 0.3 is 0 Å². The highest BCUT2D eigenvalue weighted by molar-refractivity contribution is 5.99. The molecule has 1 amide bonds. The van der Waals surface area contributed by atoms with Crippen LogP contribution in [0.1, 0.15) is 22.5 Å². The Hall–Kier alpha value is -2.61. The second-order valence-corrected chi connectivity index (χ2v) is 7.28. The van der Waals surface area contributed by atoms with Crippen molar-refractivity contribution in [3.63, 3.8) is 0 Å². The summed E-state index contributed by atoms with van der Waals surface area (Å²) in [6.45, 7) is 7.73. The molecule has 0 radical (unpaired) electrons. The van der Waals surface area contributed by atoms with Crippen LogP contribution in [0, 0.1) is 6.92 Å². The Labute approximate surface area is 182 Å². The Bertz CT molecular complexity index is 948. The van der Waals surface area contributed by atoms with Gasteiger partial charge in [-0.15, -0.1) is 12.4 Å². The number of benzene rings is 1. The van der Waals surface area contributed by atoms with Crippen molar-refractivity contribution >= 4 is 18.3 Å². The van der Waals surface area contributed by atoms with E-state index in [1.54, 1.807) is 10.9 Å². The molecule has 1 saturated heterocycles. The fourth-order valence-electron chi connectivity index (χ4n) is 3.53. The minimum Gasteiger partial charge on any atom is -0.460 e. The third kappa shape index (κ3) is 5.30. The van der Waals surface area contributed by atoms with E-state index in [1.165, 1.54) is 0 Å². The van der Waals surface area contributed by atoms with Crippen molar-refractivity contribution in [2.75, 3.05) is 39.3 Å². The van der Waals surface area contributed by atoms with E-state index in [0.717, 1.165) is 50.6 Å². The number of carbonyl (C=O) groups excluding carboxylic acids is 1. The van der Waals surface area contributed by atoms with E-state index in [2.05, 4.69) is 20.6 Å². The maximum Gasteiger partial charge on any atom is 0.255 e. The highest BCUT2D eigenvalue weighted by Crippen LogP contribution is 2.25. The number of piperazine rings is 1. The fraction of sp³-hybridized carbons (Fsp3) is 0.364. The van der Waals surface area contributed by atoms with Crippen molar-refractivity contribution in [1.29, 1.82) is 0 Å². The largest absolute Gasteiger partial charge is 0.460 e. The van der Waals surface area contributed by atoms with Crippen LogP contribution in [0.3, 0.4) is 0 Å². The maximum atomic E-state index is 12.9. The minimum absolute atomic E-state index is 0. The monoisotopic (exact) mass is 429 g/mol. The molecule has 0 aliphatic carbocycles. The summed E-state index contributed by atoms with van der Waals surface area (Å²) < 4.78 is 7.47. The van der Waals surface area contributed by atoms with Gasteiger partial charge in [0.05, 0.1) is 11.3 Å². The van der Waals surface area contributed by atoms with Crippen molar-refractivity contribution < 1.29 is 9.21 Å². The van der Waals surface area contributed by atoms with Gasteiger partial charge in [-0.05, 0) is 44.2 Å². The molecule has 2 N–H and O–H groups in total. The van der Waals surface area contributed by atoms with Crippen LogP contribution in [0.4, 0.5) is 0 Å². The Morgan fingerprint density at radius 2 is 1.93 bits per heavy atom. The molecule has 4 rings (SSSR count). The molecule has 0 bridgehead atoms. The van der Waals surface area contributed by atoms with Gasteiger partial charge in [0.15, 0.2) is 5.76 Å². The van der Waals surface area contributed by atoms with Crippen LogP contribution in [0.2, 0.25) is 0 Å². The summed E-state index contributed by atoms with van der Waals surface area (Å²) in [6.07, 6.45) is 2.70. The summed E-state index contributed by atoms with van der Waals surface area (Å²) in [6, 6.07) is 13.5. The van der Waals surface area contributed by atoms with E-state index in [4.69, 9.17) is 4.42 Å². The van der Waals surface area contributed by atoms with Crippen LogP contribution in [-0.2, 0) is 0 Å². The average Bonchev–Trinajstić information content (AvgIpc) is 3.39. The predicted octanol–water partition coefficient (Wildman–Crippen LogP) is 2.89. The number of hydrogen-bond donors (Lipinski definition) is 2. The lowest BCUT2D eigenvalue weighted by Crippen LogP contribution is -2.44. The van der Waals surface area contributed by atoms with Gasteiger partial charge in [0, 0.05) is 38.9 Å². The zero-order valence-corrected chi connectivity index (χ0v) is 18.0. The SMILES string of the molecule is Cc1ccc(-c2nn(-c3ccccc3)cc2C(=O)NCCCN2CCNCC2)o1.Cl. The molecule has 30 heavy (non-hydrogen) atoms. The summed E-state index contributed by atoms with van der Waals surface area (Å²) in [5.74, 6) is 1.26. The van der Waals surface area contributed by atoms with Gasteiger partial charge in [0.1, 0.15) is 11.5 Å². The molecule has 2 aromatic heterocycles. The first-order valence-corrected chi connectivity index (χ1v) is 10.1. The van der Waals surface area contributed by atoms with Crippen molar-refractivity contribution in [2.45, 2.75) is 13.3 Å². The lowest BCUT2D eigenvalue weighted by molar-refractivity contribution is 0.0951. The number of nitrogens with one attached hydrogen (secondary N) is 2. The van der Waals surface area contributed by atoms with Gasteiger partial charge in [0.25, 0.3) is 5.91 Å². The number of nitrogens with zero attached hydrogens (tertiary/aromatic N) is 3. The van der Waals surface area contributed by atoms with Crippen LogP contribution in [-0.4, -0.2) is 59.9 Å². The molecule has 0 saturated carbocycles. The number of aromatic nitrogens is 2. The average molecular weight is 430 g/mol. The second kappa shape index (κ2) is 10.4. The van der Waals surface area contributed by atoms with E-state index in [0.29, 0.717) is 23.6 Å². The molecular weight excluding hydrogens is 402 g/mol. The second-order valence-electron chi connectivity index (χ2n) is 7.28. The van der Waals surface area contributed by atoms with E-state index in [1.807, 2.05) is 49.4 Å². The number of rotatable bonds is 7. The molecule has 160 valence electrons. The van der Waals surface area contributed by atoms with Gasteiger partial charge in [0.2, 0.25) is 0 Å². The normalized spacial score (nSPS) is 14.3. The smallest absolute Gasteiger partial charge is 0.255 e. The molecule has 0 atom stereocenters. The number of para-hydroxylation sites is 1. The minimum atomic E-state index is -0.128. The van der Waals surface area contributed by atoms with Crippen molar-refractivity contribution in [3.05, 3.63) is 60.0 Å². The fourth-order valence-corrected chi connectivity index (χ4v) is 3.53. The first-order valence-electron chi connectivity index (χ1n) is 10.1. The highest BCUT2D eigenvalue weighted by Gasteiger charge is 2.20. The van der Waals surface area contributed by atoms with E-state index in [9.17, 15) is 4.79 Å². The lowest BCUT2D eigenvalue weighted by Gasteiger charge is -2.27. The molecule has 3 aromatic rings. The molecular formula is C22H28ClN5O2. The summed E-state index contributed by atoms with van der Waals surface area (Å²) in [4.78, 5) is 15.3. The van der Waals surface area contributed by atoms with Gasteiger partial charge in [-0.3, -0.25) is 4.79 Å². The number of carbonyl (C=O) groups is 1. The van der Waals surface area contributed by atoms with Gasteiger partial charge in [-0.25, -0.2) is 4.68 Å². The van der Waals surface area contributed by atoms with Crippen LogP contribution >= 0.6 is 12.4 Å². The van der Waals surface area contributed by atoms with Crippen LogP contribution < -0.4 is 10.6 Å². The number of hydrogen-bond acceptors (Lipinski definition) is 5. The lowest BCUT2D eigenvalue weighted by atomic mass is 10.2. The molecule has 8 heteroatoms. The molecule has 1 aliphatic rings. The van der Waals surface area contributed by atoms with Gasteiger partial charge in [-0.1, -0.05) is 18.2 Å². The number of halogens is 1. The first kappa shape index (κ1) is 22.1. The standard InChI is InChI=1S/C22H27N5O2.ClH/c1-17-8-9-20(29-17)21-19(16-27(25-21)18-6-3-2-4-7-18)22(28)24-10-5-13-26-14-11-23-12-15-26;/h2-4,6-9,16,23H,5,10-15H2,1H3,(H,24,28);1H. The predicted molar refractivity (Wildman–Crippen MR) is 120 cm³/mol. The zero-order valence-electron chi connectivity index (χ0n) is 17.1. The van der Waals surface area contributed by atoms with Crippen molar-refractivity contribution in [1.82, 2.24) is 25.3 Å². The molecule has 1 aromatic carbocycles. The Kier molecular flexibility index (Phi) is 7.68. The van der Waals surface area contributed by atoms with Gasteiger partial charge in [-0.2, -0.15) is 5.10 Å². The zero-order chi connectivity index (χ0) is 20.1. The highest BCUT2D eigenvalue weighted by atomic mass is 35.5. The molecule has 1 fully saturated rings. The van der Waals surface area contributed by atoms with Crippen LogP contribution in [0.5, 0.6) is 0 Å². The van der Waals surface area contributed by atoms with Crippen LogP contribution in [0.25, 0.3) is 17.1 Å². The summed E-state index contributed by atoms with van der Waals surface area (Å²) in [7, 11) is 0. The Morgan fingerprint density at radius 3 is 2.63 bits per heavy atom. The Balaban J connectivity index is 0.00000256. The number of amides is 1. The maximum absolute atomic E-state index is 12.9. The van der Waals surface area contributed by atoms with E-state index < -0.39 is 0 Å². The quantitative estimate of drug-likeness (QED) is 0.565. The Morgan fingerprint density at radius 1 is 1.17 bits per heavy atom. The third-order valence-electron chi connectivity index (χ3n) is 5.10. The first-order chi connectivity index (χ1) is 14.2. The van der Waals surface area contributed by atoms with Gasteiger partial charge < -0.3 is 20.0 Å². The van der Waals surface area contributed by atoms with E-state index >= 15 is 0 Å².